The van der Waals surface area contributed by atoms with Gasteiger partial charge in [-0.25, -0.2) is 5.48 Å². The number of amides is 1. The Bertz CT molecular complexity index is 846. The van der Waals surface area contributed by atoms with E-state index in [1.807, 2.05) is 60.7 Å². The van der Waals surface area contributed by atoms with Crippen molar-refractivity contribution in [2.75, 3.05) is 13.7 Å². The second kappa shape index (κ2) is 9.69. The maximum absolute atomic E-state index is 12.1. The van der Waals surface area contributed by atoms with Gasteiger partial charge >= 0.3 is 0 Å². The van der Waals surface area contributed by atoms with Gasteiger partial charge in [0.2, 0.25) is 0 Å². The van der Waals surface area contributed by atoms with Gasteiger partial charge in [-0.05, 0) is 37.5 Å². The molecule has 0 spiro atoms. The van der Waals surface area contributed by atoms with Crippen LogP contribution in [0.15, 0.2) is 54.6 Å². The molecule has 2 atom stereocenters. The number of methoxy groups -OCH3 is 1. The molecule has 0 heterocycles. The van der Waals surface area contributed by atoms with Gasteiger partial charge < -0.3 is 9.84 Å². The van der Waals surface area contributed by atoms with E-state index in [1.54, 1.807) is 33.4 Å². The molecule has 0 saturated heterocycles. The first-order valence-electron chi connectivity index (χ1n) is 9.61. The van der Waals surface area contributed by atoms with E-state index >= 15 is 0 Å². The van der Waals surface area contributed by atoms with Gasteiger partial charge in [-0.15, -0.1) is 0 Å². The fourth-order valence-corrected chi connectivity index (χ4v) is 3.10. The van der Waals surface area contributed by atoms with Crippen LogP contribution in [0.3, 0.4) is 0 Å². The van der Waals surface area contributed by atoms with E-state index in [2.05, 4.69) is 5.32 Å². The Hall–Kier alpha value is -2.67. The van der Waals surface area contributed by atoms with E-state index < -0.39 is 17.0 Å². The normalized spacial score (nSPS) is 15.5. The summed E-state index contributed by atoms with van der Waals surface area (Å²) < 4.78 is 5.41. The predicted molar refractivity (Wildman–Crippen MR) is 115 cm³/mol. The number of rotatable bonds is 9. The highest BCUT2D eigenvalue weighted by atomic mass is 16.5. The first kappa shape index (κ1) is 22.6. The van der Waals surface area contributed by atoms with Crippen LogP contribution in [-0.2, 0) is 4.79 Å². The maximum atomic E-state index is 12.1. The Morgan fingerprint density at radius 3 is 2.38 bits per heavy atom. The smallest absolute Gasteiger partial charge is 0.266 e. The van der Waals surface area contributed by atoms with Gasteiger partial charge in [0, 0.05) is 12.1 Å². The van der Waals surface area contributed by atoms with Crippen LogP contribution in [0, 0.1) is 0 Å². The van der Waals surface area contributed by atoms with Crippen molar-refractivity contribution in [3.63, 3.8) is 0 Å². The lowest BCUT2D eigenvalue weighted by Gasteiger charge is -2.40. The van der Waals surface area contributed by atoms with Crippen molar-refractivity contribution in [1.82, 2.24) is 10.8 Å². The standard InChI is InChI=1S/C23H30N2O4/c1-5-22(2,27)23(3,21(26)25-28)24-16-8-9-17-12-14-18(15-13-17)19-10-6-7-11-20(19)29-4/h6-15,24,27-28H,5,16H2,1-4H3,(H,25,26). The lowest BCUT2D eigenvalue weighted by atomic mass is 9.79. The molecule has 0 aromatic heterocycles. The number of carbonyl (C=O) groups is 1. The zero-order valence-electron chi connectivity index (χ0n) is 17.4. The second-order valence-corrected chi connectivity index (χ2v) is 7.30. The summed E-state index contributed by atoms with van der Waals surface area (Å²) in [5, 5.41) is 22.7. The molecule has 0 aliphatic heterocycles. The number of aliphatic hydroxyl groups is 1. The SMILES string of the molecule is CCC(C)(O)C(C)(NCC=Cc1ccc(-c2ccccc2OC)cc1)C(=O)NO. The predicted octanol–water partition coefficient (Wildman–Crippen LogP) is 3.39. The molecule has 2 aromatic rings. The van der Waals surface area contributed by atoms with Crippen molar-refractivity contribution in [2.45, 2.75) is 38.3 Å². The monoisotopic (exact) mass is 398 g/mol. The summed E-state index contributed by atoms with van der Waals surface area (Å²) in [5.41, 5.74) is 2.06. The highest BCUT2D eigenvalue weighted by molar-refractivity contribution is 5.86. The lowest BCUT2D eigenvalue weighted by Crippen LogP contribution is -2.67. The topological polar surface area (TPSA) is 90.8 Å². The first-order valence-corrected chi connectivity index (χ1v) is 9.61. The summed E-state index contributed by atoms with van der Waals surface area (Å²) in [7, 11) is 1.66. The van der Waals surface area contributed by atoms with Crippen molar-refractivity contribution in [1.29, 1.82) is 0 Å². The molecule has 0 bridgehead atoms. The number of hydroxylamine groups is 1. The van der Waals surface area contributed by atoms with Gasteiger partial charge in [-0.3, -0.25) is 15.3 Å². The number of carbonyl (C=O) groups excluding carboxylic acids is 1. The van der Waals surface area contributed by atoms with Gasteiger partial charge in [-0.2, -0.15) is 0 Å². The Labute approximate surface area is 172 Å². The van der Waals surface area contributed by atoms with Crippen LogP contribution in [0.5, 0.6) is 5.75 Å². The van der Waals surface area contributed by atoms with E-state index in [4.69, 9.17) is 9.94 Å². The minimum absolute atomic E-state index is 0.342. The summed E-state index contributed by atoms with van der Waals surface area (Å²) in [4.78, 5) is 12.1. The quantitative estimate of drug-likeness (QED) is 0.384. The highest BCUT2D eigenvalue weighted by Crippen LogP contribution is 2.29. The fraction of sp³-hybridized carbons (Fsp3) is 0.348. The summed E-state index contributed by atoms with van der Waals surface area (Å²) in [6.07, 6.45) is 4.14. The molecule has 2 unspecified atom stereocenters. The summed E-state index contributed by atoms with van der Waals surface area (Å²) in [6, 6.07) is 15.9. The van der Waals surface area contributed by atoms with E-state index in [-0.39, 0.29) is 0 Å². The Kier molecular flexibility index (Phi) is 7.56. The molecule has 0 fully saturated rings. The molecular weight excluding hydrogens is 368 g/mol. The van der Waals surface area contributed by atoms with Gasteiger partial charge in [0.1, 0.15) is 11.3 Å². The van der Waals surface area contributed by atoms with Crippen LogP contribution in [0.2, 0.25) is 0 Å². The van der Waals surface area contributed by atoms with Crippen molar-refractivity contribution >= 4 is 12.0 Å². The Morgan fingerprint density at radius 1 is 1.14 bits per heavy atom. The molecule has 6 heteroatoms. The van der Waals surface area contributed by atoms with Crippen LogP contribution in [0.4, 0.5) is 0 Å². The third-order valence-corrected chi connectivity index (χ3v) is 5.53. The lowest BCUT2D eigenvalue weighted by molar-refractivity contribution is -0.147. The van der Waals surface area contributed by atoms with Crippen molar-refractivity contribution in [2.24, 2.45) is 0 Å². The van der Waals surface area contributed by atoms with Crippen molar-refractivity contribution in [3.05, 3.63) is 60.2 Å². The van der Waals surface area contributed by atoms with Gasteiger partial charge in [0.25, 0.3) is 5.91 Å². The van der Waals surface area contributed by atoms with E-state index in [0.717, 1.165) is 22.4 Å². The Balaban J connectivity index is 2.08. The van der Waals surface area contributed by atoms with E-state index in [0.29, 0.717) is 13.0 Å². The fourth-order valence-electron chi connectivity index (χ4n) is 3.10. The average molecular weight is 399 g/mol. The van der Waals surface area contributed by atoms with Gasteiger partial charge in [-0.1, -0.05) is 61.5 Å². The molecule has 6 nitrogen and oxygen atoms in total. The van der Waals surface area contributed by atoms with Crippen LogP contribution >= 0.6 is 0 Å². The molecule has 2 rings (SSSR count). The molecule has 0 saturated carbocycles. The summed E-state index contributed by atoms with van der Waals surface area (Å²) in [5.74, 6) is 0.142. The molecule has 29 heavy (non-hydrogen) atoms. The van der Waals surface area contributed by atoms with Gasteiger partial charge in [0.05, 0.1) is 12.7 Å². The van der Waals surface area contributed by atoms with E-state index in [9.17, 15) is 9.90 Å². The molecule has 0 aliphatic carbocycles. The summed E-state index contributed by atoms with van der Waals surface area (Å²) >= 11 is 0. The van der Waals surface area contributed by atoms with Crippen LogP contribution in [-0.4, -0.2) is 41.0 Å². The minimum Gasteiger partial charge on any atom is -0.496 e. The van der Waals surface area contributed by atoms with E-state index in [1.165, 1.54) is 0 Å². The zero-order chi connectivity index (χ0) is 21.5. The number of nitrogens with one attached hydrogen (secondary N) is 2. The number of hydrogen-bond acceptors (Lipinski definition) is 5. The minimum atomic E-state index is -1.34. The third kappa shape index (κ3) is 5.03. The molecular formula is C23H30N2O4. The van der Waals surface area contributed by atoms with Crippen molar-refractivity contribution < 1.29 is 19.8 Å². The van der Waals surface area contributed by atoms with Crippen LogP contribution in [0.25, 0.3) is 17.2 Å². The maximum Gasteiger partial charge on any atom is 0.266 e. The Morgan fingerprint density at radius 2 is 1.79 bits per heavy atom. The highest BCUT2D eigenvalue weighted by Gasteiger charge is 2.47. The molecule has 0 radical (unpaired) electrons. The summed E-state index contributed by atoms with van der Waals surface area (Å²) in [6.45, 7) is 5.26. The number of para-hydroxylation sites is 1. The molecule has 156 valence electrons. The molecule has 0 aliphatic rings. The molecule has 2 aromatic carbocycles. The van der Waals surface area contributed by atoms with Crippen molar-refractivity contribution in [3.8, 4) is 16.9 Å². The van der Waals surface area contributed by atoms with Crippen LogP contribution in [0.1, 0.15) is 32.8 Å². The number of ether oxygens (including phenoxy) is 1. The first-order chi connectivity index (χ1) is 13.8. The van der Waals surface area contributed by atoms with Crippen LogP contribution < -0.4 is 15.5 Å². The average Bonchev–Trinajstić information content (AvgIpc) is 2.76. The number of benzene rings is 2. The second-order valence-electron chi connectivity index (χ2n) is 7.30. The molecule has 4 N–H and O–H groups in total. The number of hydrogen-bond donors (Lipinski definition) is 4. The van der Waals surface area contributed by atoms with Gasteiger partial charge in [0.15, 0.2) is 0 Å². The molecule has 1 amide bonds. The largest absolute Gasteiger partial charge is 0.496 e. The zero-order valence-corrected chi connectivity index (χ0v) is 17.4. The third-order valence-electron chi connectivity index (χ3n) is 5.53.